The fourth-order valence-corrected chi connectivity index (χ4v) is 2.64. The normalized spacial score (nSPS) is 13.3. The number of hydrogen-bond acceptors (Lipinski definition) is 5. The molecule has 0 spiro atoms. The van der Waals surface area contributed by atoms with E-state index in [2.05, 4.69) is 28.9 Å². The first kappa shape index (κ1) is 21.1. The molecule has 0 saturated heterocycles. The third-order valence-corrected chi connectivity index (χ3v) is 4.79. The SMILES string of the molecule is CN=C/C(=N\N)N(COCCS(C)(C)C)C(=O)c1c(C)cccc1F. The highest BCUT2D eigenvalue weighted by atomic mass is 32.3. The third kappa shape index (κ3) is 6.47. The smallest absolute Gasteiger partial charge is 0.264 e. The number of carbonyl (C=O) groups excluding carboxylic acids is 1. The van der Waals surface area contributed by atoms with Crippen LogP contribution in [0.4, 0.5) is 4.39 Å². The quantitative estimate of drug-likeness (QED) is 0.200. The van der Waals surface area contributed by atoms with Crippen molar-refractivity contribution in [2.45, 2.75) is 6.92 Å². The molecule has 0 heterocycles. The van der Waals surface area contributed by atoms with Gasteiger partial charge in [-0.1, -0.05) is 12.1 Å². The summed E-state index contributed by atoms with van der Waals surface area (Å²) in [5, 5.41) is 3.59. The summed E-state index contributed by atoms with van der Waals surface area (Å²) in [4.78, 5) is 17.9. The fourth-order valence-electron chi connectivity index (χ4n) is 2.02. The molecule has 6 nitrogen and oxygen atoms in total. The molecule has 1 amide bonds. The number of aryl methyl sites for hydroxylation is 1. The van der Waals surface area contributed by atoms with E-state index in [9.17, 15) is 9.18 Å². The van der Waals surface area contributed by atoms with Crippen LogP contribution in [-0.2, 0) is 4.74 Å². The first-order valence-electron chi connectivity index (χ1n) is 7.72. The van der Waals surface area contributed by atoms with Crippen molar-refractivity contribution in [2.24, 2.45) is 15.9 Å². The highest BCUT2D eigenvalue weighted by Gasteiger charge is 2.24. The number of amidine groups is 1. The Balaban J connectivity index is 3.04. The lowest BCUT2D eigenvalue weighted by molar-refractivity contribution is 0.0524. The summed E-state index contributed by atoms with van der Waals surface area (Å²) >= 11 is 0. The zero-order valence-electron chi connectivity index (χ0n) is 15.5. The van der Waals surface area contributed by atoms with Crippen molar-refractivity contribution in [1.29, 1.82) is 0 Å². The summed E-state index contributed by atoms with van der Waals surface area (Å²) in [5.41, 5.74) is 0.497. The van der Waals surface area contributed by atoms with Crippen molar-refractivity contribution in [3.8, 4) is 0 Å². The molecule has 1 aromatic carbocycles. The molecular weight excluding hydrogens is 343 g/mol. The van der Waals surface area contributed by atoms with Gasteiger partial charge in [-0.2, -0.15) is 5.10 Å². The molecule has 140 valence electrons. The van der Waals surface area contributed by atoms with E-state index in [-0.39, 0.29) is 18.1 Å². The summed E-state index contributed by atoms with van der Waals surface area (Å²) in [6.07, 6.45) is 7.88. The van der Waals surface area contributed by atoms with Crippen LogP contribution in [0.25, 0.3) is 0 Å². The molecule has 0 aliphatic carbocycles. The van der Waals surface area contributed by atoms with E-state index in [1.807, 2.05) is 0 Å². The van der Waals surface area contributed by atoms with E-state index in [4.69, 9.17) is 10.6 Å². The maximum atomic E-state index is 14.2. The second kappa shape index (κ2) is 9.53. The minimum Gasteiger partial charge on any atom is -0.360 e. The molecule has 0 radical (unpaired) electrons. The average molecular weight is 370 g/mol. The molecule has 0 saturated carbocycles. The standard InChI is InChI=1S/C17H27FN4O2S/c1-13-7-6-8-14(18)16(13)17(23)22(15(21-19)11-20-2)12-24-9-10-25(3,4)5/h6-8,11H,9-10,12,19H2,1-5H3/b20-11?,21-15+. The Kier molecular flexibility index (Phi) is 8.05. The molecule has 0 fully saturated rings. The highest BCUT2D eigenvalue weighted by Crippen LogP contribution is 2.33. The first-order chi connectivity index (χ1) is 11.7. The van der Waals surface area contributed by atoms with Crippen LogP contribution in [0.3, 0.4) is 0 Å². The molecule has 25 heavy (non-hydrogen) atoms. The zero-order valence-corrected chi connectivity index (χ0v) is 16.3. The van der Waals surface area contributed by atoms with E-state index >= 15 is 0 Å². The van der Waals surface area contributed by atoms with Crippen molar-refractivity contribution < 1.29 is 13.9 Å². The number of aliphatic imine (C=N–C) groups is 1. The molecule has 8 heteroatoms. The topological polar surface area (TPSA) is 80.3 Å². The average Bonchev–Trinajstić information content (AvgIpc) is 2.52. The number of rotatable bonds is 7. The minimum atomic E-state index is -0.714. The molecule has 0 atom stereocenters. The molecule has 0 aliphatic heterocycles. The number of nitrogens with two attached hydrogens (primary N) is 1. The number of amides is 1. The molecule has 1 aromatic rings. The van der Waals surface area contributed by atoms with Crippen molar-refractivity contribution in [3.05, 3.63) is 35.1 Å². The van der Waals surface area contributed by atoms with Crippen LogP contribution in [0, 0.1) is 12.7 Å². The van der Waals surface area contributed by atoms with Gasteiger partial charge >= 0.3 is 0 Å². The predicted molar refractivity (Wildman–Crippen MR) is 104 cm³/mol. The summed E-state index contributed by atoms with van der Waals surface area (Å²) < 4.78 is 19.8. The van der Waals surface area contributed by atoms with Gasteiger partial charge in [0.25, 0.3) is 5.91 Å². The van der Waals surface area contributed by atoms with Crippen LogP contribution in [-0.4, -0.2) is 67.8 Å². The van der Waals surface area contributed by atoms with Gasteiger partial charge in [0.05, 0.1) is 18.4 Å². The van der Waals surface area contributed by atoms with Crippen LogP contribution < -0.4 is 5.84 Å². The van der Waals surface area contributed by atoms with Gasteiger partial charge in [-0.25, -0.2) is 14.4 Å². The fraction of sp³-hybridized carbons (Fsp3) is 0.471. The Morgan fingerprint density at radius 3 is 2.60 bits per heavy atom. The number of hydrazone groups is 1. The lowest BCUT2D eigenvalue weighted by Gasteiger charge is -2.26. The van der Waals surface area contributed by atoms with Gasteiger partial charge in [-0.05, 0) is 37.3 Å². The zero-order chi connectivity index (χ0) is 19.0. The number of benzene rings is 1. The molecule has 1 rings (SSSR count). The maximum Gasteiger partial charge on any atom is 0.264 e. The Morgan fingerprint density at radius 1 is 1.40 bits per heavy atom. The molecule has 0 unspecified atom stereocenters. The van der Waals surface area contributed by atoms with E-state index in [0.29, 0.717) is 12.2 Å². The van der Waals surface area contributed by atoms with Crippen molar-refractivity contribution >= 4 is 28.0 Å². The van der Waals surface area contributed by atoms with E-state index in [1.165, 1.54) is 24.2 Å². The van der Waals surface area contributed by atoms with Gasteiger partial charge in [0.1, 0.15) is 12.5 Å². The lowest BCUT2D eigenvalue weighted by atomic mass is 10.1. The molecular formula is C17H27FN4O2S. The Morgan fingerprint density at radius 2 is 2.08 bits per heavy atom. The number of nitrogens with zero attached hydrogens (tertiary/aromatic N) is 3. The van der Waals surface area contributed by atoms with Crippen LogP contribution in [0.15, 0.2) is 28.3 Å². The van der Waals surface area contributed by atoms with Crippen LogP contribution in [0.1, 0.15) is 15.9 Å². The highest BCUT2D eigenvalue weighted by molar-refractivity contribution is 8.32. The van der Waals surface area contributed by atoms with Crippen molar-refractivity contribution in [2.75, 3.05) is 44.9 Å². The van der Waals surface area contributed by atoms with Crippen molar-refractivity contribution in [3.63, 3.8) is 0 Å². The lowest BCUT2D eigenvalue weighted by Crippen LogP contribution is -2.41. The van der Waals surface area contributed by atoms with Gasteiger partial charge in [-0.15, -0.1) is 0 Å². The molecule has 0 aliphatic rings. The third-order valence-electron chi connectivity index (χ3n) is 3.39. The van der Waals surface area contributed by atoms with Crippen molar-refractivity contribution in [1.82, 2.24) is 4.90 Å². The Bertz CT molecular complexity index is 636. The second-order valence-electron chi connectivity index (χ2n) is 6.37. The Labute approximate surface area is 150 Å². The summed E-state index contributed by atoms with van der Waals surface area (Å²) in [6, 6.07) is 4.47. The maximum absolute atomic E-state index is 14.2. The van der Waals surface area contributed by atoms with Gasteiger partial charge in [-0.3, -0.25) is 14.7 Å². The summed E-state index contributed by atoms with van der Waals surface area (Å²) in [5.74, 6) is 5.22. The second-order valence-corrected chi connectivity index (χ2v) is 11.0. The largest absolute Gasteiger partial charge is 0.360 e. The predicted octanol–water partition coefficient (Wildman–Crippen LogP) is 2.22. The number of hydrogen-bond donors (Lipinski definition) is 1. The van der Waals surface area contributed by atoms with E-state index < -0.39 is 21.8 Å². The molecule has 2 N–H and O–H groups in total. The molecule has 0 aromatic heterocycles. The van der Waals surface area contributed by atoms with E-state index in [1.54, 1.807) is 19.1 Å². The van der Waals surface area contributed by atoms with Crippen LogP contribution in [0.2, 0.25) is 0 Å². The van der Waals surface area contributed by atoms with E-state index in [0.717, 1.165) is 5.75 Å². The van der Waals surface area contributed by atoms with Crippen LogP contribution >= 0.6 is 10.0 Å². The Hall–Kier alpha value is -1.93. The summed E-state index contributed by atoms with van der Waals surface area (Å²) in [6.45, 7) is 2.08. The molecule has 0 bridgehead atoms. The monoisotopic (exact) mass is 370 g/mol. The van der Waals surface area contributed by atoms with Crippen LogP contribution in [0.5, 0.6) is 0 Å². The number of carbonyl (C=O) groups is 1. The van der Waals surface area contributed by atoms with Gasteiger partial charge < -0.3 is 10.6 Å². The van der Waals surface area contributed by atoms with Gasteiger partial charge in [0.15, 0.2) is 5.84 Å². The first-order valence-corrected chi connectivity index (χ1v) is 10.7. The van der Waals surface area contributed by atoms with Gasteiger partial charge in [0.2, 0.25) is 0 Å². The summed E-state index contributed by atoms with van der Waals surface area (Å²) in [7, 11) is 0.820. The minimum absolute atomic E-state index is 0.0294. The van der Waals surface area contributed by atoms with Gasteiger partial charge in [0, 0.05) is 12.8 Å². The number of ether oxygens (including phenoxy) is 1. The number of halogens is 1.